The van der Waals surface area contributed by atoms with Crippen molar-refractivity contribution < 1.29 is 4.79 Å². The summed E-state index contributed by atoms with van der Waals surface area (Å²) in [5, 5.41) is 0. The fraction of sp³-hybridized carbons (Fsp3) is 0.435. The van der Waals surface area contributed by atoms with Gasteiger partial charge in [0, 0.05) is 11.1 Å². The molecule has 0 radical (unpaired) electrons. The van der Waals surface area contributed by atoms with E-state index in [0.29, 0.717) is 11.8 Å². The highest BCUT2D eigenvalue weighted by Gasteiger charge is 2.34. The second-order valence-corrected chi connectivity index (χ2v) is 7.82. The summed E-state index contributed by atoms with van der Waals surface area (Å²) in [5.74, 6) is 1.43. The molecule has 124 valence electrons. The lowest BCUT2D eigenvalue weighted by atomic mass is 9.86. The normalized spacial score (nSPS) is 17.2. The van der Waals surface area contributed by atoms with Crippen LogP contribution in [0.4, 0.5) is 0 Å². The van der Waals surface area contributed by atoms with Crippen molar-refractivity contribution in [2.24, 2.45) is 0 Å². The monoisotopic (exact) mass is 318 g/mol. The molecule has 0 spiro atoms. The highest BCUT2D eigenvalue weighted by atomic mass is 16.1. The first-order valence-corrected chi connectivity index (χ1v) is 9.24. The van der Waals surface area contributed by atoms with Gasteiger partial charge >= 0.3 is 0 Å². The minimum atomic E-state index is 0.241. The largest absolute Gasteiger partial charge is 0.289 e. The predicted molar refractivity (Wildman–Crippen MR) is 99.2 cm³/mol. The molecule has 1 nitrogen and oxygen atoms in total. The number of carbonyl (C=O) groups excluding carboxylic acids is 1. The Bertz CT molecular complexity index is 766. The molecule has 0 amide bonds. The Morgan fingerprint density at radius 2 is 1.08 bits per heavy atom. The van der Waals surface area contributed by atoms with Gasteiger partial charge in [-0.3, -0.25) is 4.79 Å². The van der Waals surface area contributed by atoms with Crippen molar-refractivity contribution in [2.45, 2.75) is 65.2 Å². The maximum Gasteiger partial charge on any atom is 0.193 e. The van der Waals surface area contributed by atoms with Crippen LogP contribution in [0.5, 0.6) is 0 Å². The average Bonchev–Trinajstić information content (AvgIpc) is 3.44. The Hall–Kier alpha value is -1.89. The SMILES string of the molecule is Cc1ccc(C(=O)c2ccc(C)c(C)c2C2CC2)c(C2CC2)c1C. The van der Waals surface area contributed by atoms with Gasteiger partial charge in [-0.1, -0.05) is 24.3 Å². The molecule has 0 bridgehead atoms. The summed E-state index contributed by atoms with van der Waals surface area (Å²) in [4.78, 5) is 13.5. The second kappa shape index (κ2) is 5.58. The first kappa shape index (κ1) is 15.6. The van der Waals surface area contributed by atoms with Gasteiger partial charge in [0.15, 0.2) is 5.78 Å². The van der Waals surface area contributed by atoms with Gasteiger partial charge in [-0.2, -0.15) is 0 Å². The lowest BCUT2D eigenvalue weighted by molar-refractivity contribution is 0.103. The Labute approximate surface area is 145 Å². The molecule has 0 atom stereocenters. The third-order valence-corrected chi connectivity index (χ3v) is 6.03. The topological polar surface area (TPSA) is 17.1 Å². The number of carbonyl (C=O) groups is 1. The van der Waals surface area contributed by atoms with Crippen LogP contribution < -0.4 is 0 Å². The molecule has 2 aromatic rings. The smallest absolute Gasteiger partial charge is 0.193 e. The number of rotatable bonds is 4. The van der Waals surface area contributed by atoms with Crippen LogP contribution in [0.15, 0.2) is 24.3 Å². The van der Waals surface area contributed by atoms with Gasteiger partial charge in [0.2, 0.25) is 0 Å². The van der Waals surface area contributed by atoms with Gasteiger partial charge in [-0.25, -0.2) is 0 Å². The highest BCUT2D eigenvalue weighted by molar-refractivity contribution is 6.11. The van der Waals surface area contributed by atoms with Gasteiger partial charge in [-0.05, 0) is 98.6 Å². The van der Waals surface area contributed by atoms with E-state index in [1.165, 1.54) is 59.1 Å². The predicted octanol–water partition coefficient (Wildman–Crippen LogP) is 5.91. The van der Waals surface area contributed by atoms with Crippen molar-refractivity contribution in [1.82, 2.24) is 0 Å². The zero-order chi connectivity index (χ0) is 17.0. The lowest BCUT2D eigenvalue weighted by Gasteiger charge is -2.17. The van der Waals surface area contributed by atoms with Gasteiger partial charge in [0.05, 0.1) is 0 Å². The van der Waals surface area contributed by atoms with Crippen LogP contribution in [0.2, 0.25) is 0 Å². The van der Waals surface area contributed by atoms with Crippen LogP contribution in [-0.2, 0) is 0 Å². The van der Waals surface area contributed by atoms with Crippen molar-refractivity contribution >= 4 is 5.78 Å². The molecule has 0 aromatic heterocycles. The van der Waals surface area contributed by atoms with E-state index >= 15 is 0 Å². The molecule has 0 heterocycles. The molecule has 0 aliphatic heterocycles. The summed E-state index contributed by atoms with van der Waals surface area (Å²) >= 11 is 0. The molecular weight excluding hydrogens is 292 g/mol. The molecule has 24 heavy (non-hydrogen) atoms. The Morgan fingerprint density at radius 1 is 0.708 bits per heavy atom. The minimum Gasteiger partial charge on any atom is -0.289 e. The van der Waals surface area contributed by atoms with Crippen LogP contribution in [0, 0.1) is 27.7 Å². The van der Waals surface area contributed by atoms with Gasteiger partial charge in [0.1, 0.15) is 0 Å². The molecule has 2 aromatic carbocycles. The minimum absolute atomic E-state index is 0.241. The van der Waals surface area contributed by atoms with Crippen molar-refractivity contribution in [1.29, 1.82) is 0 Å². The standard InChI is InChI=1S/C23H26O/c1-13-5-11-19(21(15(13)3)17-7-8-17)23(24)20-12-6-14(2)16(4)22(20)18-9-10-18/h5-6,11-12,17-18H,7-10H2,1-4H3. The molecule has 2 aliphatic carbocycles. The Balaban J connectivity index is 1.86. The number of ketones is 1. The molecule has 4 rings (SSSR count). The number of hydrogen-bond acceptors (Lipinski definition) is 1. The van der Waals surface area contributed by atoms with E-state index in [2.05, 4.69) is 52.0 Å². The number of benzene rings is 2. The van der Waals surface area contributed by atoms with E-state index in [1.807, 2.05) is 0 Å². The fourth-order valence-electron chi connectivity index (χ4n) is 4.01. The first-order valence-electron chi connectivity index (χ1n) is 9.24. The molecule has 0 N–H and O–H groups in total. The third kappa shape index (κ3) is 2.51. The number of hydrogen-bond donors (Lipinski definition) is 0. The lowest BCUT2D eigenvalue weighted by Crippen LogP contribution is -2.11. The fourth-order valence-corrected chi connectivity index (χ4v) is 4.01. The Morgan fingerprint density at radius 3 is 1.42 bits per heavy atom. The van der Waals surface area contributed by atoms with E-state index in [9.17, 15) is 4.79 Å². The molecule has 2 aliphatic rings. The van der Waals surface area contributed by atoms with Crippen LogP contribution in [0.1, 0.15) is 86.8 Å². The summed E-state index contributed by atoms with van der Waals surface area (Å²) in [6.07, 6.45) is 4.92. The quantitative estimate of drug-likeness (QED) is 0.641. The zero-order valence-electron chi connectivity index (χ0n) is 15.2. The molecule has 0 saturated heterocycles. The zero-order valence-corrected chi connectivity index (χ0v) is 15.2. The summed E-state index contributed by atoms with van der Waals surface area (Å²) in [5.41, 5.74) is 9.78. The van der Waals surface area contributed by atoms with Gasteiger partial charge in [-0.15, -0.1) is 0 Å². The first-order chi connectivity index (χ1) is 11.5. The summed E-state index contributed by atoms with van der Waals surface area (Å²) in [7, 11) is 0. The van der Waals surface area contributed by atoms with E-state index in [1.54, 1.807) is 0 Å². The van der Waals surface area contributed by atoms with Gasteiger partial charge in [0.25, 0.3) is 0 Å². The Kier molecular flexibility index (Phi) is 3.63. The van der Waals surface area contributed by atoms with Gasteiger partial charge < -0.3 is 0 Å². The van der Waals surface area contributed by atoms with Crippen LogP contribution in [0.25, 0.3) is 0 Å². The van der Waals surface area contributed by atoms with Crippen molar-refractivity contribution in [2.75, 3.05) is 0 Å². The van der Waals surface area contributed by atoms with Crippen molar-refractivity contribution in [3.8, 4) is 0 Å². The maximum atomic E-state index is 13.5. The summed E-state index contributed by atoms with van der Waals surface area (Å²) in [6.45, 7) is 8.67. The highest BCUT2D eigenvalue weighted by Crippen LogP contribution is 2.47. The molecule has 2 fully saturated rings. The van der Waals surface area contributed by atoms with E-state index in [0.717, 1.165) is 11.1 Å². The number of aryl methyl sites for hydroxylation is 2. The summed E-state index contributed by atoms with van der Waals surface area (Å²) in [6, 6.07) is 8.38. The van der Waals surface area contributed by atoms with Crippen molar-refractivity contribution in [3.05, 3.63) is 68.8 Å². The molecule has 0 unspecified atom stereocenters. The molecular formula is C23H26O. The maximum absolute atomic E-state index is 13.5. The van der Waals surface area contributed by atoms with E-state index < -0.39 is 0 Å². The van der Waals surface area contributed by atoms with Crippen LogP contribution in [0.3, 0.4) is 0 Å². The van der Waals surface area contributed by atoms with E-state index in [4.69, 9.17) is 0 Å². The van der Waals surface area contributed by atoms with Crippen molar-refractivity contribution in [3.63, 3.8) is 0 Å². The molecule has 1 heteroatoms. The van der Waals surface area contributed by atoms with E-state index in [-0.39, 0.29) is 5.78 Å². The average molecular weight is 318 g/mol. The third-order valence-electron chi connectivity index (χ3n) is 6.03. The van der Waals surface area contributed by atoms with Crippen LogP contribution in [-0.4, -0.2) is 5.78 Å². The molecule has 2 saturated carbocycles. The van der Waals surface area contributed by atoms with Crippen LogP contribution >= 0.6 is 0 Å². The second-order valence-electron chi connectivity index (χ2n) is 7.82. The summed E-state index contributed by atoms with van der Waals surface area (Å²) < 4.78 is 0.